The van der Waals surface area contributed by atoms with Gasteiger partial charge in [0.25, 0.3) is 5.91 Å². The molecule has 2 amide bonds. The predicted molar refractivity (Wildman–Crippen MR) is 119 cm³/mol. The predicted octanol–water partition coefficient (Wildman–Crippen LogP) is 5.11. The first-order valence-corrected chi connectivity index (χ1v) is 10.2. The second-order valence-corrected chi connectivity index (χ2v) is 7.71. The maximum Gasteiger partial charge on any atom is 0.253 e. The summed E-state index contributed by atoms with van der Waals surface area (Å²) in [5, 5.41) is 6.03. The average Bonchev–Trinajstić information content (AvgIpc) is 3.14. The highest BCUT2D eigenvalue weighted by atomic mass is 35.5. The number of hydrogen-bond donors (Lipinski definition) is 2. The second-order valence-electron chi connectivity index (χ2n) is 6.27. The number of aromatic nitrogens is 1. The van der Waals surface area contributed by atoms with Crippen LogP contribution in [0.5, 0.6) is 11.5 Å². The summed E-state index contributed by atoms with van der Waals surface area (Å²) in [4.78, 5) is 28.7. The van der Waals surface area contributed by atoms with Crippen LogP contribution in [0.2, 0.25) is 5.02 Å². The Morgan fingerprint density at radius 2 is 1.73 bits per heavy atom. The molecule has 0 atom stereocenters. The Morgan fingerprint density at radius 3 is 2.53 bits per heavy atom. The molecule has 0 unspecified atom stereocenters. The standard InChI is InChI=1S/C22H16ClN3O3S/c23-17-9-5-4-8-16(17)21(28)24-13-20(27)26-22-25-18-11-10-15(12-19(18)30-22)29-14-6-2-1-3-7-14/h1-12H,13H2,(H,24,28)(H,25,26,27). The molecule has 4 aromatic rings. The van der Waals surface area contributed by atoms with Crippen LogP contribution in [0.25, 0.3) is 10.2 Å². The van der Waals surface area contributed by atoms with E-state index in [9.17, 15) is 9.59 Å². The topological polar surface area (TPSA) is 80.3 Å². The fraction of sp³-hybridized carbons (Fsp3) is 0.0455. The molecule has 8 heteroatoms. The summed E-state index contributed by atoms with van der Waals surface area (Å²) in [7, 11) is 0. The molecule has 1 aromatic heterocycles. The van der Waals surface area contributed by atoms with Gasteiger partial charge in [-0.05, 0) is 36.4 Å². The van der Waals surface area contributed by atoms with Crippen molar-refractivity contribution in [2.45, 2.75) is 0 Å². The third-order valence-corrected chi connectivity index (χ3v) is 5.38. The number of carbonyl (C=O) groups excluding carboxylic acids is 2. The normalized spacial score (nSPS) is 10.6. The maximum absolute atomic E-state index is 12.2. The van der Waals surface area contributed by atoms with Gasteiger partial charge >= 0.3 is 0 Å². The van der Waals surface area contributed by atoms with Crippen LogP contribution in [0.15, 0.2) is 72.8 Å². The number of nitrogens with zero attached hydrogens (tertiary/aromatic N) is 1. The van der Waals surface area contributed by atoms with E-state index in [0.29, 0.717) is 21.5 Å². The van der Waals surface area contributed by atoms with Crippen LogP contribution in [0.3, 0.4) is 0 Å². The molecule has 0 fully saturated rings. The van der Waals surface area contributed by atoms with Crippen molar-refractivity contribution in [1.29, 1.82) is 0 Å². The number of hydrogen-bond acceptors (Lipinski definition) is 5. The van der Waals surface area contributed by atoms with E-state index in [1.165, 1.54) is 11.3 Å². The van der Waals surface area contributed by atoms with Gasteiger partial charge in [0, 0.05) is 6.07 Å². The number of benzene rings is 3. The van der Waals surface area contributed by atoms with Gasteiger partial charge in [-0.3, -0.25) is 9.59 Å². The van der Waals surface area contributed by atoms with Gasteiger partial charge in [-0.1, -0.05) is 53.3 Å². The Kier molecular flexibility index (Phi) is 5.92. The maximum atomic E-state index is 12.2. The molecule has 0 aliphatic heterocycles. The number of para-hydroxylation sites is 1. The Hall–Kier alpha value is -3.42. The molecule has 4 rings (SSSR count). The van der Waals surface area contributed by atoms with E-state index in [2.05, 4.69) is 15.6 Å². The van der Waals surface area contributed by atoms with Crippen LogP contribution in [0, 0.1) is 0 Å². The van der Waals surface area contributed by atoms with Crippen LogP contribution in [-0.2, 0) is 4.79 Å². The zero-order valence-corrected chi connectivity index (χ0v) is 17.2. The molecule has 1 heterocycles. The summed E-state index contributed by atoms with van der Waals surface area (Å²) in [5.41, 5.74) is 1.06. The molecule has 30 heavy (non-hydrogen) atoms. The number of fused-ring (bicyclic) bond motifs is 1. The number of ether oxygens (including phenoxy) is 1. The van der Waals surface area contributed by atoms with Gasteiger partial charge in [0.05, 0.1) is 27.3 Å². The smallest absolute Gasteiger partial charge is 0.253 e. The van der Waals surface area contributed by atoms with Crippen molar-refractivity contribution in [2.24, 2.45) is 0 Å². The van der Waals surface area contributed by atoms with Crippen molar-refractivity contribution < 1.29 is 14.3 Å². The van der Waals surface area contributed by atoms with Crippen LogP contribution < -0.4 is 15.4 Å². The lowest BCUT2D eigenvalue weighted by Gasteiger charge is -2.06. The molecule has 3 aromatic carbocycles. The zero-order valence-electron chi connectivity index (χ0n) is 15.6. The van der Waals surface area contributed by atoms with Gasteiger partial charge in [-0.2, -0.15) is 0 Å². The van der Waals surface area contributed by atoms with E-state index >= 15 is 0 Å². The SMILES string of the molecule is O=C(CNC(=O)c1ccccc1Cl)Nc1nc2ccc(Oc3ccccc3)cc2s1. The highest BCUT2D eigenvalue weighted by Crippen LogP contribution is 2.31. The second kappa shape index (κ2) is 8.94. The third-order valence-electron chi connectivity index (χ3n) is 4.11. The molecule has 6 nitrogen and oxygen atoms in total. The minimum atomic E-state index is -0.414. The van der Waals surface area contributed by atoms with Crippen LogP contribution in [-0.4, -0.2) is 23.3 Å². The van der Waals surface area contributed by atoms with Gasteiger partial charge in [0.15, 0.2) is 5.13 Å². The number of anilines is 1. The van der Waals surface area contributed by atoms with E-state index in [1.807, 2.05) is 48.5 Å². The zero-order chi connectivity index (χ0) is 20.9. The lowest BCUT2D eigenvalue weighted by molar-refractivity contribution is -0.115. The summed E-state index contributed by atoms with van der Waals surface area (Å²) >= 11 is 7.32. The summed E-state index contributed by atoms with van der Waals surface area (Å²) in [5.74, 6) is 0.629. The quantitative estimate of drug-likeness (QED) is 0.439. The monoisotopic (exact) mass is 437 g/mol. The first kappa shape index (κ1) is 19.9. The van der Waals surface area contributed by atoms with Crippen molar-refractivity contribution in [3.63, 3.8) is 0 Å². The largest absolute Gasteiger partial charge is 0.457 e. The van der Waals surface area contributed by atoms with Crippen LogP contribution in [0.4, 0.5) is 5.13 Å². The first-order valence-electron chi connectivity index (χ1n) is 9.04. The molecule has 2 N–H and O–H groups in total. The molecule has 0 aliphatic rings. The Balaban J connectivity index is 1.38. The lowest BCUT2D eigenvalue weighted by atomic mass is 10.2. The van der Waals surface area contributed by atoms with E-state index in [-0.39, 0.29) is 12.5 Å². The van der Waals surface area contributed by atoms with Crippen LogP contribution in [0.1, 0.15) is 10.4 Å². The molecule has 0 bridgehead atoms. The van der Waals surface area contributed by atoms with Crippen LogP contribution >= 0.6 is 22.9 Å². The molecule has 0 radical (unpaired) electrons. The Morgan fingerprint density at radius 1 is 0.967 bits per heavy atom. The van der Waals surface area contributed by atoms with E-state index < -0.39 is 5.91 Å². The third kappa shape index (κ3) is 4.76. The number of rotatable bonds is 6. The van der Waals surface area contributed by atoms with Crippen molar-refractivity contribution >= 4 is 50.1 Å². The summed E-state index contributed by atoms with van der Waals surface area (Å²) in [6.07, 6.45) is 0. The van der Waals surface area contributed by atoms with Gasteiger partial charge in [-0.25, -0.2) is 4.98 Å². The lowest BCUT2D eigenvalue weighted by Crippen LogP contribution is -2.32. The summed E-state index contributed by atoms with van der Waals surface area (Å²) in [6.45, 7) is -0.192. The van der Waals surface area contributed by atoms with Crippen molar-refractivity contribution in [2.75, 3.05) is 11.9 Å². The fourth-order valence-electron chi connectivity index (χ4n) is 2.71. The number of thiazole rings is 1. The van der Waals surface area contributed by atoms with Gasteiger partial charge in [-0.15, -0.1) is 0 Å². The Bertz CT molecular complexity index is 1210. The molecular formula is C22H16ClN3O3S. The summed E-state index contributed by atoms with van der Waals surface area (Å²) < 4.78 is 6.70. The molecule has 150 valence electrons. The molecule has 0 saturated heterocycles. The minimum Gasteiger partial charge on any atom is -0.457 e. The molecule has 0 aliphatic carbocycles. The van der Waals surface area contributed by atoms with Crippen molar-refractivity contribution in [1.82, 2.24) is 10.3 Å². The van der Waals surface area contributed by atoms with E-state index in [4.69, 9.17) is 16.3 Å². The highest BCUT2D eigenvalue weighted by molar-refractivity contribution is 7.22. The minimum absolute atomic E-state index is 0.192. The first-order chi connectivity index (χ1) is 14.6. The number of halogens is 1. The number of carbonyl (C=O) groups is 2. The van der Waals surface area contributed by atoms with Gasteiger partial charge < -0.3 is 15.4 Å². The molecule has 0 saturated carbocycles. The van der Waals surface area contributed by atoms with E-state index in [1.54, 1.807) is 24.3 Å². The number of nitrogens with one attached hydrogen (secondary N) is 2. The Labute approximate surface area is 181 Å². The van der Waals surface area contributed by atoms with Crippen molar-refractivity contribution in [3.05, 3.63) is 83.4 Å². The van der Waals surface area contributed by atoms with Gasteiger partial charge in [0.2, 0.25) is 5.91 Å². The highest BCUT2D eigenvalue weighted by Gasteiger charge is 2.13. The van der Waals surface area contributed by atoms with Crippen molar-refractivity contribution in [3.8, 4) is 11.5 Å². The molecule has 0 spiro atoms. The van der Waals surface area contributed by atoms with Gasteiger partial charge in [0.1, 0.15) is 11.5 Å². The fourth-order valence-corrected chi connectivity index (χ4v) is 3.84. The number of amides is 2. The van der Waals surface area contributed by atoms with E-state index in [0.717, 1.165) is 16.0 Å². The molecular weight excluding hydrogens is 422 g/mol. The average molecular weight is 438 g/mol. The summed E-state index contributed by atoms with van der Waals surface area (Å²) in [6, 6.07) is 21.7.